The van der Waals surface area contributed by atoms with E-state index in [0.717, 1.165) is 11.6 Å². The molecule has 2 atom stereocenters. The molecule has 0 amide bonds. The number of nitrogens with zero attached hydrogens (tertiary/aromatic N) is 1. The number of aliphatic carboxylic acids is 1. The maximum absolute atomic E-state index is 13.8. The Bertz CT molecular complexity index is 1680. The summed E-state index contributed by atoms with van der Waals surface area (Å²) in [6, 6.07) is 17.3. The Morgan fingerprint density at radius 3 is 2.43 bits per heavy atom. The van der Waals surface area contributed by atoms with Crippen molar-refractivity contribution in [2.45, 2.75) is 75.1 Å². The van der Waals surface area contributed by atoms with Gasteiger partial charge in [-0.05, 0) is 61.1 Å². The van der Waals surface area contributed by atoms with Crippen molar-refractivity contribution < 1.29 is 45.8 Å². The first-order valence-electron chi connectivity index (χ1n) is 14.8. The molecule has 13 heteroatoms. The molecule has 0 radical (unpaired) electrons. The molecular formula is C33H35F3N2O7S. The van der Waals surface area contributed by atoms with Gasteiger partial charge in [-0.3, -0.25) is 4.72 Å². The van der Waals surface area contributed by atoms with Crippen molar-refractivity contribution in [1.29, 1.82) is 0 Å². The number of sulfonamides is 1. The minimum absolute atomic E-state index is 0.0821. The Kier molecular flexibility index (Phi) is 10.8. The predicted octanol–water partition coefficient (Wildman–Crippen LogP) is 6.87. The lowest BCUT2D eigenvalue weighted by atomic mass is 9.80. The molecular weight excluding hydrogens is 625 g/mol. The van der Waals surface area contributed by atoms with Crippen LogP contribution in [0.5, 0.6) is 0 Å². The minimum Gasteiger partial charge on any atom is -0.486 e. The van der Waals surface area contributed by atoms with Gasteiger partial charge in [0, 0.05) is 24.2 Å². The van der Waals surface area contributed by atoms with Crippen molar-refractivity contribution in [2.24, 2.45) is 0 Å². The normalized spacial score (nSPS) is 17.7. The molecule has 46 heavy (non-hydrogen) atoms. The number of cyclic esters (lactones) is 1. The second-order valence-corrected chi connectivity index (χ2v) is 12.7. The van der Waals surface area contributed by atoms with E-state index in [0.29, 0.717) is 49.9 Å². The summed E-state index contributed by atoms with van der Waals surface area (Å²) in [7, 11) is -4.36. The number of benzene rings is 2. The number of halogens is 3. The number of anilines is 1. The molecule has 2 N–H and O–H groups in total. The summed E-state index contributed by atoms with van der Waals surface area (Å²) in [5, 5.41) is 8.79. The summed E-state index contributed by atoms with van der Waals surface area (Å²) in [6.07, 6.45) is -1.35. The number of aromatic nitrogens is 1. The second-order valence-electron chi connectivity index (χ2n) is 11.1. The molecule has 2 aromatic carbocycles. The molecule has 0 saturated heterocycles. The number of carboxylic acid groups (broad SMARTS) is 1. The highest BCUT2D eigenvalue weighted by Gasteiger charge is 2.44. The number of aryl methyl sites for hydroxylation is 1. The summed E-state index contributed by atoms with van der Waals surface area (Å²) >= 11 is 0. The second kappa shape index (κ2) is 14.4. The highest BCUT2D eigenvalue weighted by molar-refractivity contribution is 7.92. The molecule has 9 nitrogen and oxygen atoms in total. The van der Waals surface area contributed by atoms with E-state index >= 15 is 0 Å². The van der Waals surface area contributed by atoms with Gasteiger partial charge >= 0.3 is 18.1 Å². The molecule has 246 valence electrons. The smallest absolute Gasteiger partial charge is 0.417 e. The fraction of sp³-hybridized carbons (Fsp3) is 0.364. The fourth-order valence-corrected chi connectivity index (χ4v) is 6.60. The van der Waals surface area contributed by atoms with Crippen molar-refractivity contribution in [1.82, 2.24) is 4.98 Å². The van der Waals surface area contributed by atoms with E-state index in [9.17, 15) is 36.3 Å². The van der Waals surface area contributed by atoms with Crippen LogP contribution in [-0.2, 0) is 41.7 Å². The molecule has 0 saturated carbocycles. The van der Waals surface area contributed by atoms with Crippen LogP contribution >= 0.6 is 0 Å². The van der Waals surface area contributed by atoms with E-state index < -0.39 is 56.9 Å². The Labute approximate surface area is 265 Å². The number of carbonyl (C=O) groups is 2. The molecule has 4 rings (SSSR count). The largest absolute Gasteiger partial charge is 0.486 e. The zero-order valence-corrected chi connectivity index (χ0v) is 26.2. The van der Waals surface area contributed by atoms with Gasteiger partial charge < -0.3 is 14.6 Å². The van der Waals surface area contributed by atoms with E-state index in [4.69, 9.17) is 9.47 Å². The van der Waals surface area contributed by atoms with Crippen LogP contribution in [-0.4, -0.2) is 42.7 Å². The third kappa shape index (κ3) is 8.45. The summed E-state index contributed by atoms with van der Waals surface area (Å²) in [4.78, 5) is 28.8. The number of carbonyl (C=O) groups excluding carboxylic acids is 1. The Morgan fingerprint density at radius 2 is 1.83 bits per heavy atom. The van der Waals surface area contributed by atoms with Gasteiger partial charge in [-0.1, -0.05) is 62.7 Å². The first kappa shape index (κ1) is 34.5. The predicted molar refractivity (Wildman–Crippen MR) is 163 cm³/mol. The number of nitrogens with one attached hydrogen (secondary N) is 1. The molecule has 0 unspecified atom stereocenters. The molecule has 0 aliphatic carbocycles. The van der Waals surface area contributed by atoms with Crippen LogP contribution in [0.2, 0.25) is 0 Å². The quantitative estimate of drug-likeness (QED) is 0.179. The Morgan fingerprint density at radius 1 is 1.09 bits per heavy atom. The molecule has 0 fully saturated rings. The van der Waals surface area contributed by atoms with Crippen molar-refractivity contribution in [3.63, 3.8) is 0 Å². The lowest BCUT2D eigenvalue weighted by Crippen LogP contribution is -2.42. The summed E-state index contributed by atoms with van der Waals surface area (Å²) in [5.74, 6) is -2.29. The van der Waals surface area contributed by atoms with Gasteiger partial charge in [0.05, 0.1) is 11.1 Å². The summed E-state index contributed by atoms with van der Waals surface area (Å²) in [5.41, 5.74) is -0.189. The van der Waals surface area contributed by atoms with Crippen LogP contribution in [0.4, 0.5) is 18.9 Å². The third-order valence-corrected chi connectivity index (χ3v) is 9.03. The number of hydrogen-bond donors (Lipinski definition) is 2. The number of hydrogen-bond acceptors (Lipinski definition) is 7. The molecule has 0 spiro atoms. The SMILES string of the molecule is CCC[C@@]1(CCc2ccccc2)CC(OCC(=O)O)=C([C@H](CC)c2cccc(NS(=O)(=O)c3ccc(C(F)(F)F)cn3)c2)C(=O)O1. The van der Waals surface area contributed by atoms with Crippen molar-refractivity contribution in [2.75, 3.05) is 11.3 Å². The monoisotopic (exact) mass is 660 g/mol. The highest BCUT2D eigenvalue weighted by atomic mass is 32.2. The molecule has 2 heterocycles. The maximum atomic E-state index is 13.8. The van der Waals surface area contributed by atoms with Crippen molar-refractivity contribution in [3.05, 3.63) is 101 Å². The lowest BCUT2D eigenvalue weighted by Gasteiger charge is -2.40. The number of pyridine rings is 1. The van der Waals surface area contributed by atoms with Gasteiger partial charge in [0.15, 0.2) is 11.6 Å². The fourth-order valence-electron chi connectivity index (χ4n) is 5.62. The van der Waals surface area contributed by atoms with Crippen molar-refractivity contribution in [3.8, 4) is 0 Å². The zero-order chi connectivity index (χ0) is 33.5. The van der Waals surface area contributed by atoms with Crippen molar-refractivity contribution >= 4 is 27.6 Å². The number of ether oxygens (including phenoxy) is 2. The first-order chi connectivity index (χ1) is 21.8. The van der Waals surface area contributed by atoms with Gasteiger partial charge in [0.2, 0.25) is 0 Å². The van der Waals surface area contributed by atoms with Crippen LogP contribution in [0.15, 0.2) is 89.3 Å². The van der Waals surface area contributed by atoms with E-state index in [1.54, 1.807) is 12.1 Å². The molecule has 1 aromatic heterocycles. The average Bonchev–Trinajstić information content (AvgIpc) is 3.01. The molecule has 3 aromatic rings. The van der Waals surface area contributed by atoms with E-state index in [2.05, 4.69) is 9.71 Å². The third-order valence-electron chi connectivity index (χ3n) is 7.74. The maximum Gasteiger partial charge on any atom is 0.417 e. The lowest BCUT2D eigenvalue weighted by molar-refractivity contribution is -0.163. The van der Waals surface area contributed by atoms with Crippen LogP contribution in [0.3, 0.4) is 0 Å². The molecule has 0 bridgehead atoms. The van der Waals surface area contributed by atoms with Gasteiger partial charge in [-0.15, -0.1) is 0 Å². The van der Waals surface area contributed by atoms with E-state index in [-0.39, 0.29) is 23.4 Å². The van der Waals surface area contributed by atoms with Gasteiger partial charge in [-0.2, -0.15) is 21.6 Å². The summed E-state index contributed by atoms with van der Waals surface area (Å²) in [6.45, 7) is 3.12. The molecule has 1 aliphatic heterocycles. The Hall–Kier alpha value is -4.39. The summed E-state index contributed by atoms with van der Waals surface area (Å²) < 4.78 is 78.9. The van der Waals surface area contributed by atoms with Gasteiger partial charge in [-0.25, -0.2) is 14.6 Å². The zero-order valence-electron chi connectivity index (χ0n) is 25.3. The van der Waals surface area contributed by atoms with E-state index in [1.807, 2.05) is 44.2 Å². The van der Waals surface area contributed by atoms with Crippen LogP contribution in [0.1, 0.15) is 68.6 Å². The van der Waals surface area contributed by atoms with Gasteiger partial charge in [0.25, 0.3) is 10.0 Å². The highest BCUT2D eigenvalue weighted by Crippen LogP contribution is 2.43. The van der Waals surface area contributed by atoms with Gasteiger partial charge in [0.1, 0.15) is 11.4 Å². The topological polar surface area (TPSA) is 132 Å². The number of esters is 1. The van der Waals surface area contributed by atoms with Crippen LogP contribution < -0.4 is 4.72 Å². The van der Waals surface area contributed by atoms with Crippen LogP contribution in [0, 0.1) is 0 Å². The van der Waals surface area contributed by atoms with E-state index in [1.165, 1.54) is 12.1 Å². The molecule has 1 aliphatic rings. The number of rotatable bonds is 14. The first-order valence-corrected chi connectivity index (χ1v) is 16.3. The minimum atomic E-state index is -4.67. The number of alkyl halides is 3. The average molecular weight is 661 g/mol. The Balaban J connectivity index is 1.66. The van der Waals surface area contributed by atoms with Crippen LogP contribution in [0.25, 0.3) is 0 Å². The standard InChI is InChI=1S/C33H35F3N2O7S/c1-3-16-32(17-15-22-9-6-5-7-10-22)19-27(44-21-29(39)40)30(31(41)45-32)26(4-2)23-11-8-12-25(18-23)38-46(42,43)28-14-13-24(20-37-28)33(34,35)36/h5-14,18,20,26,38H,3-4,15-17,19,21H2,1-2H3,(H,39,40)/t26-,32-/m1/s1. The number of carboxylic acids is 1.